The van der Waals surface area contributed by atoms with Crippen molar-refractivity contribution in [2.24, 2.45) is 0 Å². The maximum absolute atomic E-state index is 13.5. The normalized spacial score (nSPS) is 15.9. The van der Waals surface area contributed by atoms with Gasteiger partial charge >= 0.3 is 5.97 Å². The highest BCUT2D eigenvalue weighted by atomic mass is 19.1. The predicted molar refractivity (Wildman–Crippen MR) is 84.9 cm³/mol. The number of anilines is 1. The summed E-state index contributed by atoms with van der Waals surface area (Å²) in [6.07, 6.45) is 0.0435. The molecule has 122 valence electrons. The van der Waals surface area contributed by atoms with Crippen LogP contribution in [0.25, 0.3) is 10.9 Å². The Bertz CT molecular complexity index is 729. The number of hydrogen-bond acceptors (Lipinski definition) is 6. The number of methoxy groups -OCH3 is 1. The fraction of sp³-hybridized carbons (Fsp3) is 0.438. The van der Waals surface area contributed by atoms with Crippen molar-refractivity contribution in [3.05, 3.63) is 29.7 Å². The molecule has 0 atom stereocenters. The molecule has 1 aliphatic heterocycles. The molecule has 0 radical (unpaired) electrons. The SMILES string of the molecule is COC(=O)Cc1nc(N2CCN(C)CC2)nc2cc(F)ccc12. The third-order valence-electron chi connectivity index (χ3n) is 4.05. The number of benzene rings is 1. The molecule has 23 heavy (non-hydrogen) atoms. The number of aromatic nitrogens is 2. The van der Waals surface area contributed by atoms with E-state index in [-0.39, 0.29) is 18.2 Å². The number of rotatable bonds is 3. The molecule has 2 heterocycles. The summed E-state index contributed by atoms with van der Waals surface area (Å²) in [7, 11) is 3.41. The average molecular weight is 318 g/mol. The lowest BCUT2D eigenvalue weighted by Gasteiger charge is -2.32. The molecular weight excluding hydrogens is 299 g/mol. The molecule has 0 aliphatic carbocycles. The van der Waals surface area contributed by atoms with Crippen molar-refractivity contribution >= 4 is 22.8 Å². The number of carbonyl (C=O) groups excluding carboxylic acids is 1. The van der Waals surface area contributed by atoms with E-state index in [0.29, 0.717) is 22.5 Å². The van der Waals surface area contributed by atoms with Crippen molar-refractivity contribution in [2.45, 2.75) is 6.42 Å². The molecule has 7 heteroatoms. The second-order valence-electron chi connectivity index (χ2n) is 5.68. The van der Waals surface area contributed by atoms with Gasteiger partial charge < -0.3 is 14.5 Å². The van der Waals surface area contributed by atoms with Crippen molar-refractivity contribution in [1.29, 1.82) is 0 Å². The zero-order chi connectivity index (χ0) is 16.4. The van der Waals surface area contributed by atoms with Crippen LogP contribution in [0, 0.1) is 5.82 Å². The molecule has 1 aromatic carbocycles. The summed E-state index contributed by atoms with van der Waals surface area (Å²) in [6, 6.07) is 4.33. The number of hydrogen-bond donors (Lipinski definition) is 0. The van der Waals surface area contributed by atoms with E-state index in [0.717, 1.165) is 26.2 Å². The van der Waals surface area contributed by atoms with Crippen LogP contribution in [0.4, 0.5) is 10.3 Å². The number of halogens is 1. The minimum Gasteiger partial charge on any atom is -0.469 e. The van der Waals surface area contributed by atoms with Gasteiger partial charge in [0.25, 0.3) is 0 Å². The highest BCUT2D eigenvalue weighted by Crippen LogP contribution is 2.22. The smallest absolute Gasteiger partial charge is 0.311 e. The maximum atomic E-state index is 13.5. The zero-order valence-electron chi connectivity index (χ0n) is 13.3. The van der Waals surface area contributed by atoms with Crippen LogP contribution >= 0.6 is 0 Å². The largest absolute Gasteiger partial charge is 0.469 e. The molecule has 6 nitrogen and oxygen atoms in total. The first-order chi connectivity index (χ1) is 11.1. The standard InChI is InChI=1S/C16H19FN4O2/c1-20-5-7-21(8-6-20)16-18-13-9-11(17)3-4-12(13)14(19-16)10-15(22)23-2/h3-4,9H,5-8,10H2,1-2H3. The highest BCUT2D eigenvalue weighted by Gasteiger charge is 2.19. The quantitative estimate of drug-likeness (QED) is 0.794. The van der Waals surface area contributed by atoms with Crippen LogP contribution in [0.3, 0.4) is 0 Å². The van der Waals surface area contributed by atoms with Gasteiger partial charge in [0.05, 0.1) is 24.7 Å². The first-order valence-electron chi connectivity index (χ1n) is 7.53. The van der Waals surface area contributed by atoms with E-state index in [1.165, 1.54) is 19.2 Å². The topological polar surface area (TPSA) is 58.6 Å². The second-order valence-corrected chi connectivity index (χ2v) is 5.68. The van der Waals surface area contributed by atoms with Crippen molar-refractivity contribution in [1.82, 2.24) is 14.9 Å². The van der Waals surface area contributed by atoms with Crippen LogP contribution in [0.1, 0.15) is 5.69 Å². The first kappa shape index (κ1) is 15.6. The molecule has 0 N–H and O–H groups in total. The molecule has 3 rings (SSSR count). The summed E-state index contributed by atoms with van der Waals surface area (Å²) in [5, 5.41) is 0.676. The predicted octanol–water partition coefficient (Wildman–Crippen LogP) is 1.24. The summed E-state index contributed by atoms with van der Waals surface area (Å²) in [5.74, 6) is -0.196. The molecule has 0 saturated carbocycles. The lowest BCUT2D eigenvalue weighted by Crippen LogP contribution is -2.45. The fourth-order valence-electron chi connectivity index (χ4n) is 2.65. The van der Waals surface area contributed by atoms with E-state index >= 15 is 0 Å². The number of nitrogens with zero attached hydrogens (tertiary/aromatic N) is 4. The summed E-state index contributed by atoms with van der Waals surface area (Å²) in [4.78, 5) is 25.0. The molecule has 1 fully saturated rings. The van der Waals surface area contributed by atoms with E-state index < -0.39 is 0 Å². The Kier molecular flexibility index (Phi) is 4.38. The first-order valence-corrected chi connectivity index (χ1v) is 7.53. The Morgan fingerprint density at radius 1 is 1.26 bits per heavy atom. The molecule has 2 aromatic rings. The van der Waals surface area contributed by atoms with E-state index in [2.05, 4.69) is 26.8 Å². The Labute approximate surface area is 133 Å². The molecule has 0 unspecified atom stereocenters. The Morgan fingerprint density at radius 3 is 2.70 bits per heavy atom. The average Bonchev–Trinajstić information content (AvgIpc) is 2.54. The number of ether oxygens (including phenoxy) is 1. The van der Waals surface area contributed by atoms with Gasteiger partial charge in [0.2, 0.25) is 5.95 Å². The lowest BCUT2D eigenvalue weighted by atomic mass is 10.1. The Hall–Kier alpha value is -2.28. The molecular formula is C16H19FN4O2. The molecule has 0 bridgehead atoms. The van der Waals surface area contributed by atoms with Crippen LogP contribution < -0.4 is 4.90 Å². The molecule has 0 amide bonds. The van der Waals surface area contributed by atoms with Crippen molar-refractivity contribution in [3.63, 3.8) is 0 Å². The molecule has 1 aromatic heterocycles. The van der Waals surface area contributed by atoms with Crippen LogP contribution in [0.15, 0.2) is 18.2 Å². The summed E-state index contributed by atoms with van der Waals surface area (Å²) < 4.78 is 18.3. The van der Waals surface area contributed by atoms with Gasteiger partial charge in [-0.15, -0.1) is 0 Å². The van der Waals surface area contributed by atoms with E-state index in [1.807, 2.05) is 0 Å². The second kappa shape index (κ2) is 6.45. The van der Waals surface area contributed by atoms with E-state index in [1.54, 1.807) is 6.07 Å². The Balaban J connectivity index is 2.02. The van der Waals surface area contributed by atoms with Crippen molar-refractivity contribution < 1.29 is 13.9 Å². The van der Waals surface area contributed by atoms with Crippen LogP contribution in [0.2, 0.25) is 0 Å². The minimum absolute atomic E-state index is 0.0435. The minimum atomic E-state index is -0.376. The van der Waals surface area contributed by atoms with Gasteiger partial charge in [-0.2, -0.15) is 0 Å². The third-order valence-corrected chi connectivity index (χ3v) is 4.05. The van der Waals surface area contributed by atoms with Gasteiger partial charge in [0.15, 0.2) is 0 Å². The van der Waals surface area contributed by atoms with Gasteiger partial charge in [-0.05, 0) is 19.2 Å². The maximum Gasteiger partial charge on any atom is 0.311 e. The Morgan fingerprint density at radius 2 is 2.00 bits per heavy atom. The summed E-state index contributed by atoms with van der Waals surface area (Å²) in [6.45, 7) is 3.43. The van der Waals surface area contributed by atoms with Gasteiger partial charge in [-0.25, -0.2) is 14.4 Å². The molecule has 1 saturated heterocycles. The third kappa shape index (κ3) is 3.39. The number of likely N-dealkylation sites (N-methyl/N-ethyl adjacent to an activating group) is 1. The van der Waals surface area contributed by atoms with Crippen LogP contribution in [-0.4, -0.2) is 61.2 Å². The molecule has 0 spiro atoms. The van der Waals surface area contributed by atoms with Crippen LogP contribution in [-0.2, 0) is 16.0 Å². The fourth-order valence-corrected chi connectivity index (χ4v) is 2.65. The monoisotopic (exact) mass is 318 g/mol. The van der Waals surface area contributed by atoms with Crippen molar-refractivity contribution in [2.75, 3.05) is 45.2 Å². The zero-order valence-corrected chi connectivity index (χ0v) is 13.3. The van der Waals surface area contributed by atoms with Gasteiger partial charge in [0, 0.05) is 37.6 Å². The van der Waals surface area contributed by atoms with Gasteiger partial charge in [-0.1, -0.05) is 0 Å². The number of esters is 1. The van der Waals surface area contributed by atoms with Crippen molar-refractivity contribution in [3.8, 4) is 0 Å². The highest BCUT2D eigenvalue weighted by molar-refractivity contribution is 5.86. The van der Waals surface area contributed by atoms with Gasteiger partial charge in [-0.3, -0.25) is 4.79 Å². The van der Waals surface area contributed by atoms with E-state index in [4.69, 9.17) is 4.74 Å². The number of piperazine rings is 1. The number of fused-ring (bicyclic) bond motifs is 1. The summed E-state index contributed by atoms with van der Waals surface area (Å²) >= 11 is 0. The number of carbonyl (C=O) groups is 1. The molecule has 1 aliphatic rings. The lowest BCUT2D eigenvalue weighted by molar-refractivity contribution is -0.139. The van der Waals surface area contributed by atoms with E-state index in [9.17, 15) is 9.18 Å². The van der Waals surface area contributed by atoms with Crippen LogP contribution in [0.5, 0.6) is 0 Å². The van der Waals surface area contributed by atoms with Gasteiger partial charge in [0.1, 0.15) is 5.82 Å². The summed E-state index contributed by atoms with van der Waals surface area (Å²) in [5.41, 5.74) is 1.07.